The number of Topliss-reactive ketones (excluding diaryl/α,β-unsaturated/α-hetero) is 1. The van der Waals surface area contributed by atoms with Crippen LogP contribution in [0.5, 0.6) is 0 Å². The van der Waals surface area contributed by atoms with Crippen molar-refractivity contribution in [2.24, 2.45) is 22.2 Å². The molecule has 2 saturated carbocycles. The van der Waals surface area contributed by atoms with E-state index in [2.05, 4.69) is 5.32 Å². The summed E-state index contributed by atoms with van der Waals surface area (Å²) in [6.45, 7) is 9.22. The lowest BCUT2D eigenvalue weighted by molar-refractivity contribution is -0.346. The molecule has 6 rings (SSSR count). The zero-order valence-corrected chi connectivity index (χ0v) is 44.5. The van der Waals surface area contributed by atoms with Gasteiger partial charge in [0.15, 0.2) is 29.4 Å². The van der Waals surface area contributed by atoms with Crippen LogP contribution in [-0.2, 0) is 52.3 Å². The van der Waals surface area contributed by atoms with E-state index < -0.39 is 158 Å². The average Bonchev–Trinajstić information content (AvgIpc) is 3.82. The van der Waals surface area contributed by atoms with E-state index in [9.17, 15) is 39.0 Å². The molecule has 396 valence electrons. The molecule has 3 fully saturated rings. The Hall–Kier alpha value is -4.05. The standard InChI is InChI=1S/C47H53Cl6NO18/c1-22-26(68-38(60)30(56)33(41(3,4)5)54-36(58)25-15-12-16-64-25)18-45(63)35(71-37(59)24-13-10-9-11-14-24)32-43(8,34(57)31(29(22)42(45,6)7)70-40(62)67-21-47(51,52)53)27(69-39(61)66-20-46(48,49)50)17-28-44(32,19-65-28)72-23(2)55/h9-16,26-28,30-33,35,56,63H,17-21H2,1-8H3,(H,54,58)/t26-,27-,28+,30+,31+,32-,33+,35-,43+,44-,45+/m0/s1. The summed E-state index contributed by atoms with van der Waals surface area (Å²) in [6.07, 6.45) is -14.1. The second kappa shape index (κ2) is 20.9. The minimum absolute atomic E-state index is 0.0326. The van der Waals surface area contributed by atoms with Crippen molar-refractivity contribution in [3.05, 3.63) is 71.2 Å². The normalized spacial score (nSPS) is 29.8. The zero-order chi connectivity index (χ0) is 53.7. The first kappa shape index (κ1) is 57.2. The van der Waals surface area contributed by atoms with Gasteiger partial charge in [-0.2, -0.15) is 0 Å². The fourth-order valence-electron chi connectivity index (χ4n) is 10.3. The molecule has 3 N–H and O–H groups in total. The molecule has 3 aliphatic carbocycles. The highest BCUT2D eigenvalue weighted by Crippen LogP contribution is 2.65. The number of hydrogen-bond acceptors (Lipinski definition) is 18. The number of ether oxygens (including phenoxy) is 8. The first-order chi connectivity index (χ1) is 33.2. The number of carbonyl (C=O) groups excluding carboxylic acids is 7. The number of fused-ring (bicyclic) bond motifs is 5. The topological polar surface area (TPSA) is 259 Å². The lowest BCUT2D eigenvalue weighted by atomic mass is 9.44. The predicted molar refractivity (Wildman–Crippen MR) is 255 cm³/mol. The molecule has 0 spiro atoms. The van der Waals surface area contributed by atoms with Gasteiger partial charge < -0.3 is 57.8 Å². The first-order valence-electron chi connectivity index (χ1n) is 22.3. The third kappa shape index (κ3) is 11.4. The maximum Gasteiger partial charge on any atom is 0.509 e. The number of furan rings is 1. The van der Waals surface area contributed by atoms with Crippen molar-refractivity contribution in [3.8, 4) is 0 Å². The van der Waals surface area contributed by atoms with E-state index in [1.807, 2.05) is 0 Å². The summed E-state index contributed by atoms with van der Waals surface area (Å²) >= 11 is 35.3. The Bertz CT molecular complexity index is 2450. The molecule has 1 aromatic heterocycles. The number of esters is 3. The Morgan fingerprint density at radius 2 is 1.46 bits per heavy atom. The molecule has 2 aromatic rings. The lowest BCUT2D eigenvalue weighted by Crippen LogP contribution is -2.82. The van der Waals surface area contributed by atoms with Gasteiger partial charge >= 0.3 is 30.2 Å². The number of amides is 1. The summed E-state index contributed by atoms with van der Waals surface area (Å²) < 4.78 is 47.6. The van der Waals surface area contributed by atoms with E-state index >= 15 is 4.79 Å². The second-order valence-corrected chi connectivity index (χ2v) is 24.9. The quantitative estimate of drug-likeness (QED) is 0.0804. The van der Waals surface area contributed by atoms with Crippen LogP contribution < -0.4 is 5.32 Å². The number of ketones is 1. The number of aliphatic hydroxyl groups excluding tert-OH is 1. The Morgan fingerprint density at radius 3 is 1.97 bits per heavy atom. The molecule has 4 aliphatic rings. The minimum Gasteiger partial charge on any atom is -0.459 e. The van der Waals surface area contributed by atoms with Gasteiger partial charge in [0, 0.05) is 25.2 Å². The predicted octanol–water partition coefficient (Wildman–Crippen LogP) is 7.49. The smallest absolute Gasteiger partial charge is 0.459 e. The van der Waals surface area contributed by atoms with E-state index in [1.165, 1.54) is 70.4 Å². The summed E-state index contributed by atoms with van der Waals surface area (Å²) in [6, 6.07) is 8.96. The van der Waals surface area contributed by atoms with E-state index in [-0.39, 0.29) is 22.5 Å². The van der Waals surface area contributed by atoms with E-state index in [0.717, 1.165) is 6.92 Å². The molecule has 0 radical (unpaired) electrons. The zero-order valence-electron chi connectivity index (χ0n) is 40.0. The van der Waals surface area contributed by atoms with E-state index in [0.29, 0.717) is 0 Å². The Labute approximate surface area is 443 Å². The van der Waals surface area contributed by atoms with Gasteiger partial charge in [-0.3, -0.25) is 14.4 Å². The highest BCUT2D eigenvalue weighted by atomic mass is 35.6. The number of alkyl halides is 6. The highest BCUT2D eigenvalue weighted by molar-refractivity contribution is 6.68. The molecular weight excluding hydrogens is 1080 g/mol. The first-order valence-corrected chi connectivity index (χ1v) is 24.5. The summed E-state index contributed by atoms with van der Waals surface area (Å²) in [5, 5.41) is 28.4. The van der Waals surface area contributed by atoms with Crippen molar-refractivity contribution in [2.75, 3.05) is 19.8 Å². The third-order valence-corrected chi connectivity index (χ3v) is 14.5. The number of halogens is 6. The second-order valence-electron chi connectivity index (χ2n) is 19.8. The molecule has 72 heavy (non-hydrogen) atoms. The van der Waals surface area contributed by atoms with Crippen LogP contribution in [-0.4, -0.2) is 133 Å². The van der Waals surface area contributed by atoms with Gasteiger partial charge in [-0.15, -0.1) is 0 Å². The fraction of sp³-hybridized carbons (Fsp3) is 0.596. The van der Waals surface area contributed by atoms with Crippen LogP contribution in [0.2, 0.25) is 0 Å². The minimum atomic E-state index is -2.64. The molecule has 25 heteroatoms. The fourth-order valence-corrected chi connectivity index (χ4v) is 10.6. The van der Waals surface area contributed by atoms with Gasteiger partial charge in [-0.05, 0) is 54.7 Å². The lowest BCUT2D eigenvalue weighted by Gasteiger charge is -2.67. The van der Waals surface area contributed by atoms with Crippen molar-refractivity contribution in [3.63, 3.8) is 0 Å². The van der Waals surface area contributed by atoms with Crippen molar-refractivity contribution in [1.82, 2.24) is 5.32 Å². The molecular formula is C47H53Cl6NO18. The molecule has 1 amide bonds. The van der Waals surface area contributed by atoms with E-state index in [1.54, 1.807) is 26.8 Å². The number of benzene rings is 1. The van der Waals surface area contributed by atoms with Gasteiger partial charge in [-0.25, -0.2) is 19.2 Å². The molecule has 11 atom stereocenters. The molecule has 1 aromatic carbocycles. The number of rotatable bonds is 12. The van der Waals surface area contributed by atoms with Gasteiger partial charge in [0.1, 0.15) is 43.2 Å². The Balaban J connectivity index is 1.61. The van der Waals surface area contributed by atoms with Crippen LogP contribution in [0.15, 0.2) is 64.3 Å². The largest absolute Gasteiger partial charge is 0.509 e. The van der Waals surface area contributed by atoms with E-state index in [4.69, 9.17) is 112 Å². The summed E-state index contributed by atoms with van der Waals surface area (Å²) in [5.41, 5.74) is -10.4. The number of carbonyl (C=O) groups is 7. The van der Waals surface area contributed by atoms with Crippen LogP contribution >= 0.6 is 69.6 Å². The molecule has 0 unspecified atom stereocenters. The third-order valence-electron chi connectivity index (χ3n) is 13.8. The van der Waals surface area contributed by atoms with Crippen LogP contribution in [0.1, 0.15) is 89.1 Å². The molecule has 2 bridgehead atoms. The van der Waals surface area contributed by atoms with Crippen LogP contribution in [0, 0.1) is 22.2 Å². The van der Waals surface area contributed by atoms with Gasteiger partial charge in [-0.1, -0.05) is 122 Å². The number of nitrogens with one attached hydrogen (secondary N) is 1. The Kier molecular flexibility index (Phi) is 16.6. The molecule has 1 aliphatic heterocycles. The molecule has 19 nitrogen and oxygen atoms in total. The number of hydrogen-bond donors (Lipinski definition) is 3. The van der Waals surface area contributed by atoms with Crippen molar-refractivity contribution < 1.29 is 86.1 Å². The number of aliphatic hydroxyl groups is 2. The molecule has 1 saturated heterocycles. The summed E-state index contributed by atoms with van der Waals surface area (Å²) in [5.74, 6) is -7.22. The maximum atomic E-state index is 16.2. The van der Waals surface area contributed by atoms with Crippen LogP contribution in [0.3, 0.4) is 0 Å². The Morgan fingerprint density at radius 1 is 0.861 bits per heavy atom. The van der Waals surface area contributed by atoms with Crippen molar-refractivity contribution in [1.29, 1.82) is 0 Å². The van der Waals surface area contributed by atoms with Crippen LogP contribution in [0.25, 0.3) is 0 Å². The monoisotopic (exact) mass is 1130 g/mol. The average molecular weight is 1130 g/mol. The van der Waals surface area contributed by atoms with Gasteiger partial charge in [0.05, 0.1) is 35.8 Å². The summed E-state index contributed by atoms with van der Waals surface area (Å²) in [7, 11) is 0. The van der Waals surface area contributed by atoms with Gasteiger partial charge in [0.25, 0.3) is 5.91 Å². The summed E-state index contributed by atoms with van der Waals surface area (Å²) in [4.78, 5) is 99.2. The van der Waals surface area contributed by atoms with Crippen molar-refractivity contribution in [2.45, 2.75) is 130 Å². The van der Waals surface area contributed by atoms with Crippen LogP contribution in [0.4, 0.5) is 9.59 Å². The van der Waals surface area contributed by atoms with Gasteiger partial charge in [0.2, 0.25) is 7.59 Å². The SMILES string of the molecule is CC(=O)O[C@@]12CO[C@@H]1C[C@H](OC(=O)OCC(Cl)(Cl)Cl)[C@@]1(C)C(=O)[C@H](OC(=O)OCC(Cl)(Cl)Cl)C3=C(C)[C@@H](OC(=O)[C@H](O)[C@@H](NC(=O)c4ccco4)C(C)(C)C)C[C@@](O)([C@@H](OC(=O)c4ccccc4)[C@H]21)C3(C)C. The highest BCUT2D eigenvalue weighted by Gasteiger charge is 2.79. The van der Waals surface area contributed by atoms with Crippen molar-refractivity contribution >= 4 is 112 Å². The maximum absolute atomic E-state index is 16.2. The molecule has 2 heterocycles.